The Balaban J connectivity index is 1.77. The number of hydrogen-bond acceptors (Lipinski definition) is 3. The fourth-order valence-electron chi connectivity index (χ4n) is 2.68. The number of anilines is 1. The number of aryl methyl sites for hydroxylation is 2. The van der Waals surface area contributed by atoms with E-state index in [9.17, 15) is 17.6 Å². The van der Waals surface area contributed by atoms with Gasteiger partial charge in [-0.3, -0.25) is 4.68 Å². The van der Waals surface area contributed by atoms with Gasteiger partial charge in [-0.1, -0.05) is 24.3 Å². The molecule has 0 aliphatic heterocycles. The fraction of sp³-hybridized carbons (Fsp3) is 0.222. The van der Waals surface area contributed by atoms with Crippen molar-refractivity contribution in [1.82, 2.24) is 14.8 Å². The number of hydrogen-bond donors (Lipinski definition) is 1. The van der Waals surface area contributed by atoms with Crippen LogP contribution in [0.2, 0.25) is 0 Å². The maximum atomic E-state index is 13.6. The predicted molar refractivity (Wildman–Crippen MR) is 88.6 cm³/mol. The minimum atomic E-state index is -1.69. The van der Waals surface area contributed by atoms with Crippen molar-refractivity contribution in [1.29, 1.82) is 0 Å². The molecule has 0 amide bonds. The second kappa shape index (κ2) is 7.15. The normalized spacial score (nSPS) is 11.0. The highest BCUT2D eigenvalue weighted by atomic mass is 19.2. The highest BCUT2D eigenvalue weighted by Gasteiger charge is 2.20. The summed E-state index contributed by atoms with van der Waals surface area (Å²) < 4.78 is 55.4. The van der Waals surface area contributed by atoms with Gasteiger partial charge < -0.3 is 5.32 Å². The molecule has 3 aromatic rings. The summed E-state index contributed by atoms with van der Waals surface area (Å²) >= 11 is 0. The molecule has 3 rings (SSSR count). The molecule has 8 heteroatoms. The van der Waals surface area contributed by atoms with Crippen molar-refractivity contribution in [2.24, 2.45) is 0 Å². The zero-order chi connectivity index (χ0) is 18.8. The highest BCUT2D eigenvalue weighted by Crippen LogP contribution is 2.22. The van der Waals surface area contributed by atoms with Crippen LogP contribution in [0.3, 0.4) is 0 Å². The van der Waals surface area contributed by atoms with Crippen molar-refractivity contribution >= 4 is 5.69 Å². The smallest absolute Gasteiger partial charge is 0.253 e. The fourth-order valence-corrected chi connectivity index (χ4v) is 2.68. The van der Waals surface area contributed by atoms with Gasteiger partial charge >= 0.3 is 0 Å². The molecule has 26 heavy (non-hydrogen) atoms. The van der Waals surface area contributed by atoms with Crippen LogP contribution >= 0.6 is 0 Å². The molecule has 0 spiro atoms. The number of benzene rings is 1. The standard InChI is InChI=1S/C18H16F4N4/c1-10-6-11(2)26(25-10)9-13-5-3-4-12(7-13)8-23-16-14(19)17(21)24-18(22)15(16)20/h3-7H,8-9H2,1-2H3,(H,23,24). The maximum absolute atomic E-state index is 13.6. The van der Waals surface area contributed by atoms with Gasteiger partial charge in [-0.2, -0.15) is 27.6 Å². The van der Waals surface area contributed by atoms with Crippen LogP contribution in [0.15, 0.2) is 30.3 Å². The largest absolute Gasteiger partial charge is 0.376 e. The summed E-state index contributed by atoms with van der Waals surface area (Å²) in [6.07, 6.45) is 0. The summed E-state index contributed by atoms with van der Waals surface area (Å²) in [5.74, 6) is -6.49. The van der Waals surface area contributed by atoms with Gasteiger partial charge in [-0.25, -0.2) is 0 Å². The topological polar surface area (TPSA) is 42.7 Å². The molecule has 0 bridgehead atoms. The van der Waals surface area contributed by atoms with Crippen molar-refractivity contribution < 1.29 is 17.6 Å². The Morgan fingerprint density at radius 3 is 2.23 bits per heavy atom. The molecular weight excluding hydrogens is 348 g/mol. The van der Waals surface area contributed by atoms with E-state index in [1.165, 1.54) is 0 Å². The van der Waals surface area contributed by atoms with Crippen molar-refractivity contribution in [3.05, 3.63) is 76.4 Å². The lowest BCUT2D eigenvalue weighted by Gasteiger charge is -2.11. The minimum Gasteiger partial charge on any atom is -0.376 e. The first-order chi connectivity index (χ1) is 12.3. The van der Waals surface area contributed by atoms with Crippen molar-refractivity contribution in [3.63, 3.8) is 0 Å². The predicted octanol–water partition coefficient (Wildman–Crippen LogP) is 4.11. The van der Waals surface area contributed by atoms with Gasteiger partial charge in [0.15, 0.2) is 0 Å². The number of pyridine rings is 1. The number of aromatic nitrogens is 3. The quantitative estimate of drug-likeness (QED) is 0.547. The van der Waals surface area contributed by atoms with Crippen molar-refractivity contribution in [3.8, 4) is 0 Å². The summed E-state index contributed by atoms with van der Waals surface area (Å²) in [6.45, 7) is 4.37. The molecule has 2 heterocycles. The van der Waals surface area contributed by atoms with Crippen molar-refractivity contribution in [2.75, 3.05) is 5.32 Å². The Morgan fingerprint density at radius 1 is 0.962 bits per heavy atom. The monoisotopic (exact) mass is 364 g/mol. The number of halogens is 4. The van der Waals surface area contributed by atoms with Crippen LogP contribution in [-0.4, -0.2) is 14.8 Å². The van der Waals surface area contributed by atoms with Gasteiger partial charge in [-0.15, -0.1) is 0 Å². The Kier molecular flexibility index (Phi) is 4.92. The summed E-state index contributed by atoms with van der Waals surface area (Å²) in [6, 6.07) is 9.21. The molecular formula is C18H16F4N4. The zero-order valence-corrected chi connectivity index (χ0v) is 14.2. The van der Waals surface area contributed by atoms with Crippen molar-refractivity contribution in [2.45, 2.75) is 26.9 Å². The van der Waals surface area contributed by atoms with E-state index in [1.807, 2.05) is 36.7 Å². The molecule has 4 nitrogen and oxygen atoms in total. The van der Waals surface area contributed by atoms with E-state index < -0.39 is 29.2 Å². The third-order valence-electron chi connectivity index (χ3n) is 3.89. The Labute approximate surface area is 147 Å². The first-order valence-corrected chi connectivity index (χ1v) is 7.88. The molecule has 0 atom stereocenters. The third kappa shape index (κ3) is 3.68. The number of rotatable bonds is 5. The average Bonchev–Trinajstić information content (AvgIpc) is 2.91. The van der Waals surface area contributed by atoms with E-state index >= 15 is 0 Å². The molecule has 0 saturated carbocycles. The molecule has 0 aliphatic rings. The van der Waals surface area contributed by atoms with E-state index in [1.54, 1.807) is 12.1 Å². The van der Waals surface area contributed by atoms with Gasteiger partial charge in [-0.05, 0) is 31.0 Å². The Morgan fingerprint density at radius 2 is 1.62 bits per heavy atom. The molecule has 0 fully saturated rings. The van der Waals surface area contributed by atoms with Crippen LogP contribution in [0.5, 0.6) is 0 Å². The first-order valence-electron chi connectivity index (χ1n) is 7.88. The molecule has 1 N–H and O–H groups in total. The maximum Gasteiger partial charge on any atom is 0.253 e. The van der Waals surface area contributed by atoms with Crippen LogP contribution in [0, 0.1) is 37.4 Å². The van der Waals surface area contributed by atoms with Gasteiger partial charge in [0.25, 0.3) is 11.9 Å². The molecule has 0 aliphatic carbocycles. The van der Waals surface area contributed by atoms with E-state index in [2.05, 4.69) is 15.4 Å². The van der Waals surface area contributed by atoms with E-state index in [0.29, 0.717) is 12.1 Å². The molecule has 2 aromatic heterocycles. The first kappa shape index (κ1) is 17.9. The summed E-state index contributed by atoms with van der Waals surface area (Å²) in [5.41, 5.74) is 2.67. The summed E-state index contributed by atoms with van der Waals surface area (Å²) in [4.78, 5) is 2.53. The van der Waals surface area contributed by atoms with Gasteiger partial charge in [0.05, 0.1) is 12.2 Å². The Bertz CT molecular complexity index is 926. The summed E-state index contributed by atoms with van der Waals surface area (Å²) in [5, 5.41) is 6.78. The van der Waals surface area contributed by atoms with Gasteiger partial charge in [0, 0.05) is 12.2 Å². The third-order valence-corrected chi connectivity index (χ3v) is 3.89. The second-order valence-electron chi connectivity index (χ2n) is 5.95. The lowest BCUT2D eigenvalue weighted by molar-refractivity contribution is 0.410. The molecule has 0 radical (unpaired) electrons. The summed E-state index contributed by atoms with van der Waals surface area (Å²) in [7, 11) is 0. The van der Waals surface area contributed by atoms with Gasteiger partial charge in [0.1, 0.15) is 5.69 Å². The lowest BCUT2D eigenvalue weighted by Crippen LogP contribution is -2.10. The van der Waals surface area contributed by atoms with E-state index in [0.717, 1.165) is 17.0 Å². The van der Waals surface area contributed by atoms with Crippen LogP contribution in [0.1, 0.15) is 22.5 Å². The molecule has 136 valence electrons. The van der Waals surface area contributed by atoms with Crippen LogP contribution < -0.4 is 5.32 Å². The highest BCUT2D eigenvalue weighted by molar-refractivity contribution is 5.46. The van der Waals surface area contributed by atoms with Crippen LogP contribution in [0.4, 0.5) is 23.2 Å². The molecule has 1 aromatic carbocycles. The zero-order valence-electron chi connectivity index (χ0n) is 14.2. The number of nitrogens with zero attached hydrogens (tertiary/aromatic N) is 3. The van der Waals surface area contributed by atoms with E-state index in [4.69, 9.17) is 0 Å². The SMILES string of the molecule is Cc1cc(C)n(Cc2cccc(CNc3c(F)c(F)nc(F)c3F)c2)n1. The second-order valence-corrected chi connectivity index (χ2v) is 5.95. The van der Waals surface area contributed by atoms with Gasteiger partial charge in [0.2, 0.25) is 11.6 Å². The minimum absolute atomic E-state index is 0.0122. The molecule has 0 unspecified atom stereocenters. The number of nitrogens with one attached hydrogen (secondary N) is 1. The van der Waals surface area contributed by atoms with Crippen LogP contribution in [-0.2, 0) is 13.1 Å². The van der Waals surface area contributed by atoms with Crippen LogP contribution in [0.25, 0.3) is 0 Å². The Hall–Kier alpha value is -2.90. The molecule has 0 saturated heterocycles. The van der Waals surface area contributed by atoms with E-state index in [-0.39, 0.29) is 6.54 Å². The average molecular weight is 364 g/mol. The lowest BCUT2D eigenvalue weighted by atomic mass is 10.1.